The number of nitrogens with two attached hydrogens (primary N) is 1. The van der Waals surface area contributed by atoms with Crippen molar-refractivity contribution in [1.29, 1.82) is 0 Å². The summed E-state index contributed by atoms with van der Waals surface area (Å²) in [6.45, 7) is 5.49. The second-order valence-electron chi connectivity index (χ2n) is 6.36. The molecule has 2 N–H and O–H groups in total. The van der Waals surface area contributed by atoms with Gasteiger partial charge in [-0.05, 0) is 18.9 Å². The molecule has 0 aromatic heterocycles. The average Bonchev–Trinajstić information content (AvgIpc) is 2.40. The van der Waals surface area contributed by atoms with Crippen LogP contribution in [0.4, 0.5) is 0 Å². The lowest BCUT2D eigenvalue weighted by Crippen LogP contribution is -2.05. The van der Waals surface area contributed by atoms with Gasteiger partial charge in [-0.3, -0.25) is 0 Å². The van der Waals surface area contributed by atoms with E-state index in [1.807, 2.05) is 0 Å². The van der Waals surface area contributed by atoms with E-state index in [-0.39, 0.29) is 0 Å². The topological polar surface area (TPSA) is 26.0 Å². The molecule has 1 unspecified atom stereocenters. The molecule has 0 radical (unpaired) electrons. The highest BCUT2D eigenvalue weighted by Crippen LogP contribution is 2.15. The van der Waals surface area contributed by atoms with Crippen LogP contribution in [-0.4, -0.2) is 6.54 Å². The Hall–Kier alpha value is -0.0400. The molecule has 0 rings (SSSR count). The Morgan fingerprint density at radius 2 is 1.05 bits per heavy atom. The fourth-order valence-electron chi connectivity index (χ4n) is 2.76. The molecule has 0 fully saturated rings. The molecule has 0 aromatic rings. The van der Waals surface area contributed by atoms with Gasteiger partial charge in [0.2, 0.25) is 0 Å². The van der Waals surface area contributed by atoms with Crippen LogP contribution in [0.2, 0.25) is 0 Å². The molecule has 0 saturated carbocycles. The van der Waals surface area contributed by atoms with Gasteiger partial charge in [-0.2, -0.15) is 0 Å². The molecule has 1 heteroatoms. The summed E-state index contributed by atoms with van der Waals surface area (Å²) >= 11 is 0. The van der Waals surface area contributed by atoms with Gasteiger partial charge >= 0.3 is 0 Å². The zero-order valence-electron chi connectivity index (χ0n) is 13.8. The predicted octanol–water partition coefficient (Wildman–Crippen LogP) is 6.06. The minimum Gasteiger partial charge on any atom is -0.330 e. The number of rotatable bonds is 15. The molecule has 0 aromatic carbocycles. The van der Waals surface area contributed by atoms with E-state index >= 15 is 0 Å². The van der Waals surface area contributed by atoms with E-state index in [4.69, 9.17) is 5.73 Å². The summed E-state index contributed by atoms with van der Waals surface area (Å²) in [6.07, 6.45) is 19.9. The smallest absolute Gasteiger partial charge is 0.00747 e. The minimum atomic E-state index is 0.841. The first-order chi connectivity index (χ1) is 9.31. The molecular formula is C18H39N. The van der Waals surface area contributed by atoms with E-state index in [9.17, 15) is 0 Å². The highest BCUT2D eigenvalue weighted by atomic mass is 14.5. The van der Waals surface area contributed by atoms with Crippen LogP contribution in [0, 0.1) is 5.92 Å². The molecule has 1 nitrogen and oxygen atoms in total. The van der Waals surface area contributed by atoms with Crippen LogP contribution >= 0.6 is 0 Å². The van der Waals surface area contributed by atoms with Crippen molar-refractivity contribution in [2.24, 2.45) is 11.7 Å². The molecular weight excluding hydrogens is 230 g/mol. The summed E-state index contributed by atoms with van der Waals surface area (Å²) in [5.74, 6) is 0.841. The molecule has 0 amide bonds. The molecule has 0 saturated heterocycles. The Morgan fingerprint density at radius 1 is 0.632 bits per heavy atom. The number of unbranched alkanes of at least 4 members (excludes halogenated alkanes) is 11. The lowest BCUT2D eigenvalue weighted by molar-refractivity contribution is 0.458. The summed E-state index contributed by atoms with van der Waals surface area (Å²) in [5, 5.41) is 0. The number of hydrogen-bond donors (Lipinski definition) is 1. The van der Waals surface area contributed by atoms with Gasteiger partial charge in [0.1, 0.15) is 0 Å². The zero-order chi connectivity index (χ0) is 14.2. The van der Waals surface area contributed by atoms with Gasteiger partial charge in [-0.15, -0.1) is 0 Å². The molecule has 19 heavy (non-hydrogen) atoms. The fraction of sp³-hybridized carbons (Fsp3) is 1.00. The Morgan fingerprint density at radius 3 is 1.47 bits per heavy atom. The van der Waals surface area contributed by atoms with Crippen LogP contribution in [0.15, 0.2) is 0 Å². The van der Waals surface area contributed by atoms with E-state index in [0.29, 0.717) is 0 Å². The van der Waals surface area contributed by atoms with E-state index in [1.54, 1.807) is 0 Å². The minimum absolute atomic E-state index is 0.841. The van der Waals surface area contributed by atoms with Crippen molar-refractivity contribution in [3.63, 3.8) is 0 Å². The lowest BCUT2D eigenvalue weighted by Gasteiger charge is -2.09. The van der Waals surface area contributed by atoms with Gasteiger partial charge < -0.3 is 5.73 Å². The van der Waals surface area contributed by atoms with Crippen LogP contribution in [-0.2, 0) is 0 Å². The SMILES string of the molecule is CCCCCCCCCCCCCCC(C)CCN. The highest BCUT2D eigenvalue weighted by Gasteiger charge is 2.00. The quantitative estimate of drug-likeness (QED) is 0.359. The van der Waals surface area contributed by atoms with Gasteiger partial charge in [-0.1, -0.05) is 97.3 Å². The van der Waals surface area contributed by atoms with Crippen LogP contribution in [0.5, 0.6) is 0 Å². The molecule has 1 atom stereocenters. The Kier molecular flexibility index (Phi) is 16.0. The van der Waals surface area contributed by atoms with Crippen molar-refractivity contribution in [1.82, 2.24) is 0 Å². The third-order valence-electron chi connectivity index (χ3n) is 4.21. The molecule has 0 aliphatic heterocycles. The normalized spacial score (nSPS) is 12.8. The van der Waals surface area contributed by atoms with Crippen LogP contribution < -0.4 is 5.73 Å². The summed E-state index contributed by atoms with van der Waals surface area (Å²) < 4.78 is 0. The first-order valence-corrected chi connectivity index (χ1v) is 9.01. The van der Waals surface area contributed by atoms with Crippen molar-refractivity contribution >= 4 is 0 Å². The second-order valence-corrected chi connectivity index (χ2v) is 6.36. The molecule has 116 valence electrons. The van der Waals surface area contributed by atoms with Crippen LogP contribution in [0.1, 0.15) is 104 Å². The monoisotopic (exact) mass is 269 g/mol. The molecule has 0 spiro atoms. The highest BCUT2D eigenvalue weighted by molar-refractivity contribution is 4.55. The van der Waals surface area contributed by atoms with Crippen LogP contribution in [0.3, 0.4) is 0 Å². The van der Waals surface area contributed by atoms with Gasteiger partial charge in [0.25, 0.3) is 0 Å². The van der Waals surface area contributed by atoms with Crippen molar-refractivity contribution < 1.29 is 0 Å². The first kappa shape index (κ1) is 19.0. The van der Waals surface area contributed by atoms with Gasteiger partial charge in [0.15, 0.2) is 0 Å². The predicted molar refractivity (Wildman–Crippen MR) is 88.5 cm³/mol. The Labute approximate surface area is 122 Å². The molecule has 0 bridgehead atoms. The van der Waals surface area contributed by atoms with E-state index < -0.39 is 0 Å². The maximum absolute atomic E-state index is 5.57. The molecule has 0 heterocycles. The third-order valence-corrected chi connectivity index (χ3v) is 4.21. The van der Waals surface area contributed by atoms with Crippen LogP contribution in [0.25, 0.3) is 0 Å². The summed E-state index contributed by atoms with van der Waals surface area (Å²) in [5.41, 5.74) is 5.57. The van der Waals surface area contributed by atoms with Gasteiger partial charge in [0.05, 0.1) is 0 Å². The zero-order valence-corrected chi connectivity index (χ0v) is 13.8. The van der Waals surface area contributed by atoms with E-state index in [0.717, 1.165) is 12.5 Å². The first-order valence-electron chi connectivity index (χ1n) is 9.01. The Bertz CT molecular complexity index is 156. The average molecular weight is 270 g/mol. The van der Waals surface area contributed by atoms with Gasteiger partial charge in [-0.25, -0.2) is 0 Å². The summed E-state index contributed by atoms with van der Waals surface area (Å²) in [7, 11) is 0. The third kappa shape index (κ3) is 15.9. The van der Waals surface area contributed by atoms with Crippen molar-refractivity contribution in [2.75, 3.05) is 6.54 Å². The lowest BCUT2D eigenvalue weighted by atomic mass is 9.99. The summed E-state index contributed by atoms with van der Waals surface area (Å²) in [6, 6.07) is 0. The van der Waals surface area contributed by atoms with Crippen molar-refractivity contribution in [3.8, 4) is 0 Å². The van der Waals surface area contributed by atoms with Crippen molar-refractivity contribution in [3.05, 3.63) is 0 Å². The Balaban J connectivity index is 2.99. The fourth-order valence-corrected chi connectivity index (χ4v) is 2.76. The van der Waals surface area contributed by atoms with Crippen molar-refractivity contribution in [2.45, 2.75) is 104 Å². The molecule has 0 aliphatic rings. The standard InChI is InChI=1S/C18H39N/c1-3-4-5-6-7-8-9-10-11-12-13-14-15-18(2)16-17-19/h18H,3-17,19H2,1-2H3. The summed E-state index contributed by atoms with van der Waals surface area (Å²) in [4.78, 5) is 0. The molecule has 0 aliphatic carbocycles. The number of hydrogen-bond acceptors (Lipinski definition) is 1. The largest absolute Gasteiger partial charge is 0.330 e. The van der Waals surface area contributed by atoms with Gasteiger partial charge in [0, 0.05) is 0 Å². The second kappa shape index (κ2) is 16.0. The van der Waals surface area contributed by atoms with E-state index in [1.165, 1.54) is 89.9 Å². The maximum atomic E-state index is 5.57. The maximum Gasteiger partial charge on any atom is -0.00747 e. The van der Waals surface area contributed by atoms with E-state index in [2.05, 4.69) is 13.8 Å².